The average Bonchev–Trinajstić information content (AvgIpc) is 2.72. The highest BCUT2D eigenvalue weighted by molar-refractivity contribution is 5.04. The Morgan fingerprint density at radius 3 is 1.87 bits per heavy atom. The highest BCUT2D eigenvalue weighted by Gasteiger charge is 2.33. The second-order valence-electron chi connectivity index (χ2n) is 4.27. The van der Waals surface area contributed by atoms with Gasteiger partial charge in [-0.05, 0) is 19.3 Å². The van der Waals surface area contributed by atoms with Gasteiger partial charge < -0.3 is 0 Å². The Bertz CT molecular complexity index is 239. The number of aromatic amines is 1. The van der Waals surface area contributed by atoms with Gasteiger partial charge in [-0.25, -0.2) is 0 Å². The third-order valence-corrected chi connectivity index (χ3v) is 3.01. The molecule has 0 saturated carbocycles. The van der Waals surface area contributed by atoms with Crippen LogP contribution in [-0.4, -0.2) is 20.6 Å². The highest BCUT2D eigenvalue weighted by Crippen LogP contribution is 2.36. The SMILES string of the molecule is CCCC(CCC)(CCC)c1nn[nH]n1. The summed E-state index contributed by atoms with van der Waals surface area (Å²) in [5, 5.41) is 14.7. The van der Waals surface area contributed by atoms with Crippen molar-refractivity contribution in [2.75, 3.05) is 0 Å². The number of H-pyrrole nitrogens is 1. The fourth-order valence-electron chi connectivity index (χ4n) is 2.53. The fraction of sp³-hybridized carbons (Fsp3) is 0.909. The molecule has 1 N–H and O–H groups in total. The van der Waals surface area contributed by atoms with Gasteiger partial charge in [-0.15, -0.1) is 10.2 Å². The predicted molar refractivity (Wildman–Crippen MR) is 60.6 cm³/mol. The number of rotatable bonds is 7. The van der Waals surface area contributed by atoms with Gasteiger partial charge in [0.05, 0.1) is 0 Å². The molecular formula is C11H22N4. The van der Waals surface area contributed by atoms with Crippen molar-refractivity contribution in [1.29, 1.82) is 0 Å². The van der Waals surface area contributed by atoms with Gasteiger partial charge in [-0.1, -0.05) is 45.2 Å². The number of hydrogen-bond donors (Lipinski definition) is 1. The normalized spacial score (nSPS) is 11.9. The second kappa shape index (κ2) is 5.83. The fourth-order valence-corrected chi connectivity index (χ4v) is 2.53. The molecule has 0 unspecified atom stereocenters. The van der Waals surface area contributed by atoms with Crippen molar-refractivity contribution in [1.82, 2.24) is 20.6 Å². The predicted octanol–water partition coefficient (Wildman–Crippen LogP) is 2.84. The number of nitrogens with zero attached hydrogens (tertiary/aromatic N) is 3. The van der Waals surface area contributed by atoms with Crippen molar-refractivity contribution in [3.8, 4) is 0 Å². The van der Waals surface area contributed by atoms with E-state index in [9.17, 15) is 0 Å². The zero-order chi connectivity index (χ0) is 11.1. The van der Waals surface area contributed by atoms with Crippen molar-refractivity contribution in [2.24, 2.45) is 0 Å². The first-order valence-electron chi connectivity index (χ1n) is 6.03. The number of tetrazole rings is 1. The number of hydrogen-bond acceptors (Lipinski definition) is 3. The molecule has 0 amide bonds. The van der Waals surface area contributed by atoms with Gasteiger partial charge >= 0.3 is 0 Å². The monoisotopic (exact) mass is 210 g/mol. The standard InChI is InChI=1S/C11H22N4/c1-4-7-11(8-5-2,9-6-3)10-12-14-15-13-10/h4-9H2,1-3H3,(H,12,13,14,15). The van der Waals surface area contributed by atoms with E-state index in [0.717, 1.165) is 25.1 Å². The molecule has 0 aliphatic rings. The molecule has 15 heavy (non-hydrogen) atoms. The molecule has 0 radical (unpaired) electrons. The maximum atomic E-state index is 4.20. The molecule has 1 aromatic rings. The zero-order valence-corrected chi connectivity index (χ0v) is 10.1. The molecule has 0 aromatic carbocycles. The topological polar surface area (TPSA) is 54.5 Å². The summed E-state index contributed by atoms with van der Waals surface area (Å²) in [6.07, 6.45) is 7.01. The van der Waals surface area contributed by atoms with Crippen molar-refractivity contribution in [3.05, 3.63) is 5.82 Å². The van der Waals surface area contributed by atoms with E-state index in [1.165, 1.54) is 19.3 Å². The number of nitrogens with one attached hydrogen (secondary N) is 1. The molecule has 86 valence electrons. The van der Waals surface area contributed by atoms with E-state index >= 15 is 0 Å². The van der Waals surface area contributed by atoms with Crippen LogP contribution in [0.1, 0.15) is 65.1 Å². The Kier molecular flexibility index (Phi) is 4.72. The molecule has 4 heteroatoms. The van der Waals surface area contributed by atoms with E-state index in [4.69, 9.17) is 0 Å². The molecule has 4 nitrogen and oxygen atoms in total. The summed E-state index contributed by atoms with van der Waals surface area (Å²) in [6, 6.07) is 0. The van der Waals surface area contributed by atoms with Gasteiger partial charge in [0, 0.05) is 5.41 Å². The smallest absolute Gasteiger partial charge is 0.177 e. The second-order valence-corrected chi connectivity index (χ2v) is 4.27. The van der Waals surface area contributed by atoms with E-state index in [-0.39, 0.29) is 5.41 Å². The lowest BCUT2D eigenvalue weighted by molar-refractivity contribution is 0.309. The highest BCUT2D eigenvalue weighted by atomic mass is 15.5. The summed E-state index contributed by atoms with van der Waals surface area (Å²) in [5.41, 5.74) is 0.158. The molecular weight excluding hydrogens is 188 g/mol. The molecule has 0 aliphatic heterocycles. The summed E-state index contributed by atoms with van der Waals surface area (Å²) in [6.45, 7) is 6.67. The lowest BCUT2D eigenvalue weighted by atomic mass is 9.75. The molecule has 0 fully saturated rings. The van der Waals surface area contributed by atoms with Crippen molar-refractivity contribution in [3.63, 3.8) is 0 Å². The van der Waals surface area contributed by atoms with Crippen LogP contribution >= 0.6 is 0 Å². The first-order chi connectivity index (χ1) is 7.29. The van der Waals surface area contributed by atoms with Gasteiger partial charge in [0.15, 0.2) is 5.82 Å². The van der Waals surface area contributed by atoms with E-state index in [0.29, 0.717) is 0 Å². The lowest BCUT2D eigenvalue weighted by Crippen LogP contribution is -2.27. The van der Waals surface area contributed by atoms with Crippen molar-refractivity contribution < 1.29 is 0 Å². The third kappa shape index (κ3) is 2.76. The summed E-state index contributed by atoms with van der Waals surface area (Å²) < 4.78 is 0. The largest absolute Gasteiger partial charge is 0.180 e. The molecule has 1 heterocycles. The Labute approximate surface area is 91.9 Å². The molecule has 0 bridgehead atoms. The Hall–Kier alpha value is -0.930. The summed E-state index contributed by atoms with van der Waals surface area (Å²) in [4.78, 5) is 0. The average molecular weight is 210 g/mol. The van der Waals surface area contributed by atoms with E-state index < -0.39 is 0 Å². The molecule has 0 atom stereocenters. The first-order valence-corrected chi connectivity index (χ1v) is 6.03. The summed E-state index contributed by atoms with van der Waals surface area (Å²) in [7, 11) is 0. The first kappa shape index (κ1) is 12.1. The van der Waals surface area contributed by atoms with Crippen LogP contribution in [-0.2, 0) is 5.41 Å². The van der Waals surface area contributed by atoms with Gasteiger partial charge in [-0.2, -0.15) is 5.21 Å². The van der Waals surface area contributed by atoms with Gasteiger partial charge in [0.1, 0.15) is 0 Å². The minimum absolute atomic E-state index is 0.158. The quantitative estimate of drug-likeness (QED) is 0.753. The van der Waals surface area contributed by atoms with Crippen LogP contribution in [0.2, 0.25) is 0 Å². The maximum Gasteiger partial charge on any atom is 0.180 e. The van der Waals surface area contributed by atoms with Crippen LogP contribution in [0.15, 0.2) is 0 Å². The van der Waals surface area contributed by atoms with Crippen LogP contribution in [0, 0.1) is 0 Å². The van der Waals surface area contributed by atoms with E-state index in [2.05, 4.69) is 41.4 Å². The summed E-state index contributed by atoms with van der Waals surface area (Å²) in [5.74, 6) is 0.910. The van der Waals surface area contributed by atoms with Crippen molar-refractivity contribution >= 4 is 0 Å². The van der Waals surface area contributed by atoms with Gasteiger partial charge in [-0.3, -0.25) is 0 Å². The van der Waals surface area contributed by atoms with Gasteiger partial charge in [0.25, 0.3) is 0 Å². The molecule has 1 rings (SSSR count). The Morgan fingerprint density at radius 2 is 1.53 bits per heavy atom. The zero-order valence-electron chi connectivity index (χ0n) is 10.1. The van der Waals surface area contributed by atoms with Crippen LogP contribution in [0.25, 0.3) is 0 Å². The molecule has 0 saturated heterocycles. The minimum Gasteiger partial charge on any atom is -0.177 e. The van der Waals surface area contributed by atoms with Crippen molar-refractivity contribution in [2.45, 2.75) is 64.7 Å². The maximum absolute atomic E-state index is 4.20. The minimum atomic E-state index is 0.158. The Balaban J connectivity index is 2.90. The number of aromatic nitrogens is 4. The lowest BCUT2D eigenvalue weighted by Gasteiger charge is -2.29. The van der Waals surface area contributed by atoms with Crippen LogP contribution in [0.4, 0.5) is 0 Å². The molecule has 1 aromatic heterocycles. The molecule has 0 spiro atoms. The van der Waals surface area contributed by atoms with Crippen LogP contribution in [0.3, 0.4) is 0 Å². The Morgan fingerprint density at radius 1 is 1.00 bits per heavy atom. The van der Waals surface area contributed by atoms with Crippen LogP contribution < -0.4 is 0 Å². The van der Waals surface area contributed by atoms with Crippen LogP contribution in [0.5, 0.6) is 0 Å². The molecule has 0 aliphatic carbocycles. The van der Waals surface area contributed by atoms with E-state index in [1.807, 2.05) is 0 Å². The van der Waals surface area contributed by atoms with Gasteiger partial charge in [0.2, 0.25) is 0 Å². The summed E-state index contributed by atoms with van der Waals surface area (Å²) >= 11 is 0. The van der Waals surface area contributed by atoms with E-state index in [1.54, 1.807) is 0 Å². The third-order valence-electron chi connectivity index (χ3n) is 3.01.